The Kier molecular flexibility index (Phi) is 11.2. The molecule has 1 unspecified atom stereocenters. The highest BCUT2D eigenvalue weighted by molar-refractivity contribution is 7.86. The summed E-state index contributed by atoms with van der Waals surface area (Å²) in [6.45, 7) is 1.71. The number of anilines is 1. The van der Waals surface area contributed by atoms with Crippen molar-refractivity contribution in [1.82, 2.24) is 33.4 Å². The number of aromatic nitrogens is 3. The summed E-state index contributed by atoms with van der Waals surface area (Å²) in [5.41, 5.74) is 1.79. The molecule has 7 rings (SSSR count). The standard InChI is InChI=1S/C37H46N8O8S/c1-42(18-6-22-53-21-5-8-24-7-4-11-28-32(24)36(50)45(35(28)49)29-13-14-30(46)40-34(29)48)54(51,52)43-19-16-26(17-20-43)39-37-38-23-25-12-15-31(47)44(33(25)41-37)27-9-2-3-10-27/h4,7,11-12,15,23,26-27,29H,2-3,5-6,8-10,13-14,16-22H2,1H3,(H,38,39,41)(H,40,46,48). The van der Waals surface area contributed by atoms with Crippen LogP contribution >= 0.6 is 0 Å². The number of aryl methyl sites for hydroxylation is 1. The zero-order valence-electron chi connectivity index (χ0n) is 30.4. The molecule has 0 radical (unpaired) electrons. The van der Waals surface area contributed by atoms with Crippen molar-refractivity contribution in [2.24, 2.45) is 0 Å². The molecule has 2 aromatic heterocycles. The van der Waals surface area contributed by atoms with Crippen LogP contribution in [0.4, 0.5) is 5.95 Å². The van der Waals surface area contributed by atoms with Crippen LogP contribution in [0.3, 0.4) is 0 Å². The number of amides is 4. The van der Waals surface area contributed by atoms with E-state index in [9.17, 15) is 32.4 Å². The Hall–Kier alpha value is -4.58. The molecule has 3 fully saturated rings. The smallest absolute Gasteiger partial charge is 0.281 e. The Balaban J connectivity index is 0.836. The highest BCUT2D eigenvalue weighted by atomic mass is 32.2. The van der Waals surface area contributed by atoms with Crippen molar-refractivity contribution in [2.45, 2.75) is 88.8 Å². The van der Waals surface area contributed by atoms with Crippen molar-refractivity contribution in [3.05, 3.63) is 63.6 Å². The molecule has 0 bridgehead atoms. The Bertz CT molecular complexity index is 2110. The van der Waals surface area contributed by atoms with Crippen molar-refractivity contribution >= 4 is 50.8 Å². The molecule has 3 aromatic rings. The second-order valence-corrected chi connectivity index (χ2v) is 16.5. The van der Waals surface area contributed by atoms with Gasteiger partial charge in [0.05, 0.1) is 11.1 Å². The highest BCUT2D eigenvalue weighted by Crippen LogP contribution is 2.32. The van der Waals surface area contributed by atoms with E-state index < -0.39 is 39.9 Å². The van der Waals surface area contributed by atoms with Gasteiger partial charge in [0.15, 0.2) is 0 Å². The van der Waals surface area contributed by atoms with Gasteiger partial charge < -0.3 is 10.1 Å². The van der Waals surface area contributed by atoms with Gasteiger partial charge in [0, 0.05) is 76.0 Å². The molecule has 1 aromatic carbocycles. The average molecular weight is 763 g/mol. The fourth-order valence-corrected chi connectivity index (χ4v) is 9.42. The van der Waals surface area contributed by atoms with Crippen LogP contribution < -0.4 is 16.2 Å². The van der Waals surface area contributed by atoms with E-state index in [1.807, 2.05) is 0 Å². The average Bonchev–Trinajstić information content (AvgIpc) is 3.78. The molecule has 2 N–H and O–H groups in total. The maximum Gasteiger partial charge on any atom is 0.281 e. The van der Waals surface area contributed by atoms with Gasteiger partial charge in [-0.25, -0.2) is 4.98 Å². The molecule has 2 saturated heterocycles. The van der Waals surface area contributed by atoms with E-state index in [-0.39, 0.29) is 48.2 Å². The number of hydrogen-bond donors (Lipinski definition) is 2. The number of carbonyl (C=O) groups is 4. The number of ether oxygens (including phenoxy) is 1. The predicted octanol–water partition coefficient (Wildman–Crippen LogP) is 2.40. The van der Waals surface area contributed by atoms with Gasteiger partial charge in [0.2, 0.25) is 17.8 Å². The third-order valence-electron chi connectivity index (χ3n) is 10.9. The molecule has 1 atom stereocenters. The normalized spacial score (nSPS) is 20.3. The van der Waals surface area contributed by atoms with Gasteiger partial charge in [0.1, 0.15) is 11.7 Å². The zero-order chi connectivity index (χ0) is 38.0. The van der Waals surface area contributed by atoms with E-state index in [2.05, 4.69) is 15.6 Å². The number of rotatable bonds is 14. The lowest BCUT2D eigenvalue weighted by molar-refractivity contribution is -0.136. The molecular formula is C37H46N8O8S. The van der Waals surface area contributed by atoms with Gasteiger partial charge in [-0.15, -0.1) is 0 Å². The molecule has 3 aliphatic heterocycles. The van der Waals surface area contributed by atoms with E-state index in [0.717, 1.165) is 36.0 Å². The minimum Gasteiger partial charge on any atom is -0.381 e. The van der Waals surface area contributed by atoms with E-state index >= 15 is 0 Å². The monoisotopic (exact) mass is 762 g/mol. The van der Waals surface area contributed by atoms with Crippen LogP contribution in [0.5, 0.6) is 0 Å². The highest BCUT2D eigenvalue weighted by Gasteiger charge is 2.45. The van der Waals surface area contributed by atoms with Crippen LogP contribution in [0.25, 0.3) is 11.0 Å². The first-order valence-electron chi connectivity index (χ1n) is 18.8. The molecule has 16 nitrogen and oxygen atoms in total. The van der Waals surface area contributed by atoms with Crippen molar-refractivity contribution in [3.63, 3.8) is 0 Å². The predicted molar refractivity (Wildman–Crippen MR) is 198 cm³/mol. The van der Waals surface area contributed by atoms with Crippen LogP contribution in [0, 0.1) is 0 Å². The van der Waals surface area contributed by atoms with Crippen molar-refractivity contribution < 1.29 is 32.3 Å². The summed E-state index contributed by atoms with van der Waals surface area (Å²) >= 11 is 0. The number of pyridine rings is 1. The van der Waals surface area contributed by atoms with Gasteiger partial charge >= 0.3 is 0 Å². The Morgan fingerprint density at radius 2 is 1.70 bits per heavy atom. The van der Waals surface area contributed by atoms with Crippen LogP contribution in [0.1, 0.15) is 96.5 Å². The van der Waals surface area contributed by atoms with Gasteiger partial charge in [0.25, 0.3) is 27.6 Å². The number of hydrogen-bond acceptors (Lipinski definition) is 11. The quantitative estimate of drug-likeness (QED) is 0.181. The molecule has 4 amide bonds. The SMILES string of the molecule is CN(CCCOCCCc1cccc2c1C(=O)N(C1CCC(=O)NC1=O)C2=O)S(=O)(=O)N1CCC(Nc2ncc3ccc(=O)n(C4CCCC4)c3n2)CC1. The van der Waals surface area contributed by atoms with E-state index in [0.29, 0.717) is 75.6 Å². The number of nitrogens with zero attached hydrogens (tertiary/aromatic N) is 6. The fraction of sp³-hybridized carbons (Fsp3) is 0.541. The van der Waals surface area contributed by atoms with Gasteiger partial charge in [-0.2, -0.15) is 22.0 Å². The molecular weight excluding hydrogens is 717 g/mol. The maximum absolute atomic E-state index is 13.4. The molecule has 1 saturated carbocycles. The molecule has 4 aliphatic rings. The van der Waals surface area contributed by atoms with Gasteiger partial charge in [-0.05, 0) is 69.1 Å². The topological polar surface area (TPSA) is 193 Å². The lowest BCUT2D eigenvalue weighted by Gasteiger charge is -2.34. The summed E-state index contributed by atoms with van der Waals surface area (Å²) in [7, 11) is -2.10. The molecule has 1 aliphatic carbocycles. The summed E-state index contributed by atoms with van der Waals surface area (Å²) in [5, 5.41) is 6.39. The molecule has 0 spiro atoms. The van der Waals surface area contributed by atoms with Gasteiger partial charge in [-0.1, -0.05) is 25.0 Å². The first kappa shape index (κ1) is 37.7. The lowest BCUT2D eigenvalue weighted by Crippen LogP contribution is -2.54. The summed E-state index contributed by atoms with van der Waals surface area (Å²) < 4.78 is 37.2. The second-order valence-electron chi connectivity index (χ2n) is 14.5. The maximum atomic E-state index is 13.4. The van der Waals surface area contributed by atoms with Crippen LogP contribution in [0.2, 0.25) is 0 Å². The summed E-state index contributed by atoms with van der Waals surface area (Å²) in [6.07, 6.45) is 8.70. The summed E-state index contributed by atoms with van der Waals surface area (Å²) in [6, 6.07) is 7.51. The summed E-state index contributed by atoms with van der Waals surface area (Å²) in [5.74, 6) is -1.70. The number of fused-ring (bicyclic) bond motifs is 2. The number of piperidine rings is 2. The Morgan fingerprint density at radius 3 is 2.46 bits per heavy atom. The number of carbonyl (C=O) groups excluding carboxylic acids is 4. The minimum absolute atomic E-state index is 0.0113. The molecule has 5 heterocycles. The number of benzene rings is 1. The van der Waals surface area contributed by atoms with Crippen LogP contribution in [-0.2, 0) is 31.0 Å². The third-order valence-corrected chi connectivity index (χ3v) is 12.9. The molecule has 288 valence electrons. The van der Waals surface area contributed by atoms with E-state index in [4.69, 9.17) is 9.72 Å². The minimum atomic E-state index is -3.67. The van der Waals surface area contributed by atoms with Crippen molar-refractivity contribution in [1.29, 1.82) is 0 Å². The Labute approximate surface area is 313 Å². The van der Waals surface area contributed by atoms with E-state index in [1.165, 1.54) is 8.61 Å². The van der Waals surface area contributed by atoms with Crippen LogP contribution in [0.15, 0.2) is 41.3 Å². The first-order valence-corrected chi connectivity index (χ1v) is 20.2. The second kappa shape index (κ2) is 16.0. The van der Waals surface area contributed by atoms with E-state index in [1.54, 1.807) is 48.1 Å². The zero-order valence-corrected chi connectivity index (χ0v) is 31.2. The Morgan fingerprint density at radius 1 is 0.944 bits per heavy atom. The number of nitrogens with one attached hydrogen (secondary N) is 2. The largest absolute Gasteiger partial charge is 0.381 e. The first-order chi connectivity index (χ1) is 26.0. The summed E-state index contributed by atoms with van der Waals surface area (Å²) in [4.78, 5) is 73.3. The third kappa shape index (κ3) is 7.67. The molecule has 17 heteroatoms. The van der Waals surface area contributed by atoms with Crippen molar-refractivity contribution in [3.8, 4) is 0 Å². The van der Waals surface area contributed by atoms with Crippen LogP contribution in [-0.4, -0.2) is 112 Å². The fourth-order valence-electron chi connectivity index (χ4n) is 8.00. The number of imide groups is 2. The van der Waals surface area contributed by atoms with Crippen molar-refractivity contribution in [2.75, 3.05) is 45.2 Å². The molecule has 54 heavy (non-hydrogen) atoms. The lowest BCUT2D eigenvalue weighted by atomic mass is 9.99. The van der Waals surface area contributed by atoms with Gasteiger partial charge in [-0.3, -0.25) is 38.8 Å².